The van der Waals surface area contributed by atoms with Crippen molar-refractivity contribution in [3.63, 3.8) is 0 Å². The molecule has 0 saturated heterocycles. The lowest BCUT2D eigenvalue weighted by Crippen LogP contribution is -2.07. The first-order chi connectivity index (χ1) is 8.49. The maximum atomic E-state index is 13.9. The molecular formula is C13H16FN3S. The second-order valence-electron chi connectivity index (χ2n) is 4.84. The molecule has 0 spiro atoms. The van der Waals surface area contributed by atoms with Crippen molar-refractivity contribution in [1.29, 1.82) is 0 Å². The molecule has 5 heteroatoms. The van der Waals surface area contributed by atoms with Gasteiger partial charge in [0.05, 0.1) is 5.56 Å². The highest BCUT2D eigenvalue weighted by molar-refractivity contribution is 7.71. The number of aromatic nitrogens is 3. The van der Waals surface area contributed by atoms with Gasteiger partial charge >= 0.3 is 0 Å². The van der Waals surface area contributed by atoms with Crippen LogP contribution in [0, 0.1) is 23.4 Å². The number of aromatic amines is 1. The summed E-state index contributed by atoms with van der Waals surface area (Å²) >= 11 is 5.19. The van der Waals surface area contributed by atoms with E-state index in [0.29, 0.717) is 22.1 Å². The minimum atomic E-state index is -0.278. The van der Waals surface area contributed by atoms with Gasteiger partial charge < -0.3 is 0 Å². The highest BCUT2D eigenvalue weighted by Gasteiger charge is 2.14. The van der Waals surface area contributed by atoms with E-state index in [1.54, 1.807) is 12.1 Å². The van der Waals surface area contributed by atoms with E-state index >= 15 is 0 Å². The number of rotatable bonds is 3. The molecule has 1 aromatic carbocycles. The molecule has 0 radical (unpaired) electrons. The van der Waals surface area contributed by atoms with Crippen LogP contribution in [0.15, 0.2) is 18.2 Å². The molecule has 0 unspecified atom stereocenters. The quantitative estimate of drug-likeness (QED) is 0.858. The Morgan fingerprint density at radius 3 is 2.83 bits per heavy atom. The standard InChI is InChI=1S/C13H16FN3S/c1-8(2)7-17-12(15-16-13(17)18)10-6-9(3)4-5-11(10)14/h4-6,8H,7H2,1-3H3,(H,16,18). The molecule has 0 amide bonds. The number of aryl methyl sites for hydroxylation is 1. The number of H-pyrrole nitrogens is 1. The van der Waals surface area contributed by atoms with Crippen LogP contribution in [-0.4, -0.2) is 14.8 Å². The number of hydrogen-bond acceptors (Lipinski definition) is 2. The van der Waals surface area contributed by atoms with Gasteiger partial charge in [0.25, 0.3) is 0 Å². The summed E-state index contributed by atoms with van der Waals surface area (Å²) in [6.07, 6.45) is 0. The van der Waals surface area contributed by atoms with Crippen molar-refractivity contribution in [2.24, 2.45) is 5.92 Å². The molecule has 2 rings (SSSR count). The van der Waals surface area contributed by atoms with Gasteiger partial charge in [-0.25, -0.2) is 4.39 Å². The maximum absolute atomic E-state index is 13.9. The zero-order chi connectivity index (χ0) is 13.3. The fourth-order valence-electron chi connectivity index (χ4n) is 1.87. The summed E-state index contributed by atoms with van der Waals surface area (Å²) in [4.78, 5) is 0. The number of nitrogens with zero attached hydrogens (tertiary/aromatic N) is 2. The fourth-order valence-corrected chi connectivity index (χ4v) is 2.07. The first-order valence-corrected chi connectivity index (χ1v) is 6.31. The highest BCUT2D eigenvalue weighted by Crippen LogP contribution is 2.23. The number of nitrogens with one attached hydrogen (secondary N) is 1. The van der Waals surface area contributed by atoms with Crippen LogP contribution < -0.4 is 0 Å². The highest BCUT2D eigenvalue weighted by atomic mass is 32.1. The van der Waals surface area contributed by atoms with Gasteiger partial charge in [-0.15, -0.1) is 0 Å². The Labute approximate surface area is 111 Å². The van der Waals surface area contributed by atoms with E-state index in [9.17, 15) is 4.39 Å². The largest absolute Gasteiger partial charge is 0.300 e. The third-order valence-electron chi connectivity index (χ3n) is 2.67. The summed E-state index contributed by atoms with van der Waals surface area (Å²) in [7, 11) is 0. The van der Waals surface area contributed by atoms with Crippen molar-refractivity contribution in [2.75, 3.05) is 0 Å². The van der Waals surface area contributed by atoms with Crippen LogP contribution in [0.5, 0.6) is 0 Å². The summed E-state index contributed by atoms with van der Waals surface area (Å²) in [5.74, 6) is 0.704. The van der Waals surface area contributed by atoms with Crippen LogP contribution in [0.25, 0.3) is 11.4 Å². The molecule has 18 heavy (non-hydrogen) atoms. The van der Waals surface area contributed by atoms with E-state index in [-0.39, 0.29) is 5.82 Å². The van der Waals surface area contributed by atoms with Gasteiger partial charge in [-0.1, -0.05) is 25.5 Å². The van der Waals surface area contributed by atoms with E-state index in [0.717, 1.165) is 12.1 Å². The van der Waals surface area contributed by atoms with E-state index in [1.807, 2.05) is 11.5 Å². The number of benzene rings is 1. The number of hydrogen-bond donors (Lipinski definition) is 1. The first kappa shape index (κ1) is 13.0. The van der Waals surface area contributed by atoms with Crippen LogP contribution in [0.4, 0.5) is 4.39 Å². The molecular weight excluding hydrogens is 249 g/mol. The van der Waals surface area contributed by atoms with Crippen LogP contribution in [-0.2, 0) is 6.54 Å². The molecule has 2 aromatic rings. The predicted octanol–water partition coefficient (Wildman–Crippen LogP) is 3.71. The maximum Gasteiger partial charge on any atom is 0.195 e. The first-order valence-electron chi connectivity index (χ1n) is 5.90. The van der Waals surface area contributed by atoms with E-state index < -0.39 is 0 Å². The molecule has 0 fully saturated rings. The van der Waals surface area contributed by atoms with Crippen LogP contribution in [0.2, 0.25) is 0 Å². The summed E-state index contributed by atoms with van der Waals surface area (Å²) in [6, 6.07) is 4.99. The topological polar surface area (TPSA) is 33.6 Å². The third-order valence-corrected chi connectivity index (χ3v) is 2.98. The second kappa shape index (κ2) is 5.02. The van der Waals surface area contributed by atoms with E-state index in [2.05, 4.69) is 24.0 Å². The Morgan fingerprint density at radius 1 is 1.44 bits per heavy atom. The molecule has 0 aliphatic rings. The molecule has 0 saturated carbocycles. The Balaban J connectivity index is 2.57. The smallest absolute Gasteiger partial charge is 0.195 e. The summed E-state index contributed by atoms with van der Waals surface area (Å²) in [5.41, 5.74) is 1.49. The normalized spacial score (nSPS) is 11.2. The van der Waals surface area contributed by atoms with Gasteiger partial charge in [-0.3, -0.25) is 9.67 Å². The van der Waals surface area contributed by atoms with Gasteiger partial charge in [0.15, 0.2) is 10.6 Å². The van der Waals surface area contributed by atoms with Gasteiger partial charge in [0.1, 0.15) is 5.82 Å². The SMILES string of the molecule is Cc1ccc(F)c(-c2n[nH]c(=S)n2CC(C)C)c1. The van der Waals surface area contributed by atoms with Gasteiger partial charge in [0.2, 0.25) is 0 Å². The molecule has 1 heterocycles. The molecule has 1 aromatic heterocycles. The van der Waals surface area contributed by atoms with Crippen molar-refractivity contribution < 1.29 is 4.39 Å². The molecule has 0 aliphatic heterocycles. The molecule has 96 valence electrons. The van der Waals surface area contributed by atoms with E-state index in [1.165, 1.54) is 6.07 Å². The minimum Gasteiger partial charge on any atom is -0.300 e. The molecule has 0 atom stereocenters. The van der Waals surface area contributed by atoms with Gasteiger partial charge in [0, 0.05) is 6.54 Å². The van der Waals surface area contributed by atoms with Crippen molar-refractivity contribution in [1.82, 2.24) is 14.8 Å². The molecule has 1 N–H and O–H groups in total. The Morgan fingerprint density at radius 2 is 2.17 bits per heavy atom. The lowest BCUT2D eigenvalue weighted by molar-refractivity contribution is 0.520. The lowest BCUT2D eigenvalue weighted by Gasteiger charge is -2.10. The van der Waals surface area contributed by atoms with Crippen molar-refractivity contribution >= 4 is 12.2 Å². The summed E-state index contributed by atoms with van der Waals surface area (Å²) in [6.45, 7) is 6.82. The number of halogens is 1. The monoisotopic (exact) mass is 265 g/mol. The van der Waals surface area contributed by atoms with E-state index in [4.69, 9.17) is 12.2 Å². The van der Waals surface area contributed by atoms with Crippen molar-refractivity contribution in [3.05, 3.63) is 34.4 Å². The zero-order valence-electron chi connectivity index (χ0n) is 10.7. The van der Waals surface area contributed by atoms with Crippen LogP contribution in [0.3, 0.4) is 0 Å². The van der Waals surface area contributed by atoms with Crippen molar-refractivity contribution in [2.45, 2.75) is 27.3 Å². The second-order valence-corrected chi connectivity index (χ2v) is 5.23. The van der Waals surface area contributed by atoms with Crippen LogP contribution in [0.1, 0.15) is 19.4 Å². The van der Waals surface area contributed by atoms with Gasteiger partial charge in [-0.2, -0.15) is 5.10 Å². The Kier molecular flexibility index (Phi) is 3.61. The molecule has 0 bridgehead atoms. The molecule has 0 aliphatic carbocycles. The van der Waals surface area contributed by atoms with Gasteiger partial charge in [-0.05, 0) is 37.2 Å². The zero-order valence-corrected chi connectivity index (χ0v) is 11.5. The Hall–Kier alpha value is -1.49. The lowest BCUT2D eigenvalue weighted by atomic mass is 10.1. The summed E-state index contributed by atoms with van der Waals surface area (Å²) in [5, 5.41) is 6.88. The summed E-state index contributed by atoms with van der Waals surface area (Å²) < 4.78 is 16.3. The average Bonchev–Trinajstić information content (AvgIpc) is 2.64. The third kappa shape index (κ3) is 2.51. The van der Waals surface area contributed by atoms with Crippen molar-refractivity contribution in [3.8, 4) is 11.4 Å². The van der Waals surface area contributed by atoms with Crippen LogP contribution >= 0.6 is 12.2 Å². The Bertz CT molecular complexity index is 613. The fraction of sp³-hybridized carbons (Fsp3) is 0.385. The average molecular weight is 265 g/mol. The molecule has 3 nitrogen and oxygen atoms in total. The predicted molar refractivity (Wildman–Crippen MR) is 72.4 cm³/mol. The minimum absolute atomic E-state index is 0.278.